The molecule has 2 rings (SSSR count). The third-order valence-electron chi connectivity index (χ3n) is 3.91. The van der Waals surface area contributed by atoms with Crippen LogP contribution in [0.3, 0.4) is 0 Å². The lowest BCUT2D eigenvalue weighted by atomic mass is 10.1. The van der Waals surface area contributed by atoms with Gasteiger partial charge in [-0.1, -0.05) is 23.8 Å². The normalized spacial score (nSPS) is 12.0. The number of hydrogen-bond donors (Lipinski definition) is 2. The number of rotatable bonds is 7. The Morgan fingerprint density at radius 3 is 2.22 bits per heavy atom. The lowest BCUT2D eigenvalue weighted by Crippen LogP contribution is -2.21. The van der Waals surface area contributed by atoms with E-state index in [1.807, 2.05) is 12.1 Å². The van der Waals surface area contributed by atoms with Crippen LogP contribution in [0.2, 0.25) is 0 Å². The summed E-state index contributed by atoms with van der Waals surface area (Å²) in [6.07, 6.45) is -0.621. The highest BCUT2D eigenvalue weighted by Gasteiger charge is 2.11. The Bertz CT molecular complexity index is 633. The molecule has 0 aliphatic carbocycles. The average Bonchev–Trinajstić information content (AvgIpc) is 2.56. The molecule has 4 heteroatoms. The number of aryl methyl sites for hydroxylation is 2. The molecule has 0 fully saturated rings. The average molecular weight is 315 g/mol. The van der Waals surface area contributed by atoms with Crippen LogP contribution >= 0.6 is 0 Å². The number of aliphatic hydroxyl groups excluding tert-OH is 1. The van der Waals surface area contributed by atoms with Crippen LogP contribution in [-0.2, 0) is 6.54 Å². The molecule has 0 aliphatic heterocycles. The number of benzene rings is 2. The van der Waals surface area contributed by atoms with E-state index in [0.717, 1.165) is 12.1 Å². The topological polar surface area (TPSA) is 50.7 Å². The molecule has 2 N–H and O–H groups in total. The summed E-state index contributed by atoms with van der Waals surface area (Å²) in [5, 5.41) is 13.7. The van der Waals surface area contributed by atoms with E-state index in [-0.39, 0.29) is 0 Å². The van der Waals surface area contributed by atoms with Crippen LogP contribution in [0, 0.1) is 13.8 Å². The van der Waals surface area contributed by atoms with Gasteiger partial charge in [0.25, 0.3) is 0 Å². The number of aliphatic hydroxyl groups is 1. The van der Waals surface area contributed by atoms with Gasteiger partial charge in [0.05, 0.1) is 20.3 Å². The minimum Gasteiger partial charge on any atom is -0.497 e. The van der Waals surface area contributed by atoms with Gasteiger partial charge in [-0.05, 0) is 42.7 Å². The van der Waals surface area contributed by atoms with Crippen LogP contribution in [0.15, 0.2) is 36.4 Å². The molecule has 0 aromatic heterocycles. The number of methoxy groups -OCH3 is 2. The Balaban J connectivity index is 1.98. The SMILES string of the molecule is COc1cc(OC)cc(C(O)CNCc2ccc(C)cc2C)c1. The van der Waals surface area contributed by atoms with Gasteiger partial charge in [-0.15, -0.1) is 0 Å². The molecule has 124 valence electrons. The minimum atomic E-state index is -0.621. The van der Waals surface area contributed by atoms with Gasteiger partial charge in [-0.3, -0.25) is 0 Å². The molecule has 2 aromatic rings. The second-order valence-electron chi connectivity index (χ2n) is 5.72. The molecule has 1 atom stereocenters. The highest BCUT2D eigenvalue weighted by molar-refractivity contribution is 5.39. The number of nitrogens with one attached hydrogen (secondary N) is 1. The molecule has 0 radical (unpaired) electrons. The Morgan fingerprint density at radius 1 is 1.00 bits per heavy atom. The lowest BCUT2D eigenvalue weighted by Gasteiger charge is -2.15. The van der Waals surface area contributed by atoms with Gasteiger partial charge in [0.15, 0.2) is 0 Å². The van der Waals surface area contributed by atoms with E-state index in [1.54, 1.807) is 20.3 Å². The maximum Gasteiger partial charge on any atom is 0.122 e. The molecular weight excluding hydrogens is 290 g/mol. The molecule has 0 saturated heterocycles. The zero-order chi connectivity index (χ0) is 16.8. The molecular formula is C19H25NO3. The predicted octanol–water partition coefficient (Wildman–Crippen LogP) is 3.14. The largest absolute Gasteiger partial charge is 0.497 e. The molecule has 1 unspecified atom stereocenters. The van der Waals surface area contributed by atoms with Crippen molar-refractivity contribution in [2.75, 3.05) is 20.8 Å². The second kappa shape index (κ2) is 7.99. The first-order valence-electron chi connectivity index (χ1n) is 7.71. The Kier molecular flexibility index (Phi) is 6.02. The Hall–Kier alpha value is -2.04. The third kappa shape index (κ3) is 4.71. The van der Waals surface area contributed by atoms with E-state index in [9.17, 15) is 5.11 Å². The summed E-state index contributed by atoms with van der Waals surface area (Å²) >= 11 is 0. The van der Waals surface area contributed by atoms with Crippen LogP contribution in [-0.4, -0.2) is 25.9 Å². The van der Waals surface area contributed by atoms with Gasteiger partial charge in [0.2, 0.25) is 0 Å². The van der Waals surface area contributed by atoms with Crippen LogP contribution in [0.5, 0.6) is 11.5 Å². The van der Waals surface area contributed by atoms with E-state index < -0.39 is 6.10 Å². The van der Waals surface area contributed by atoms with Gasteiger partial charge in [-0.2, -0.15) is 0 Å². The molecule has 0 spiro atoms. The Labute approximate surface area is 138 Å². The standard InChI is InChI=1S/C19H25NO3/c1-13-5-6-15(14(2)7-13)11-20-12-19(21)16-8-17(22-3)10-18(9-16)23-4/h5-10,19-21H,11-12H2,1-4H3. The van der Waals surface area contributed by atoms with E-state index in [2.05, 4.69) is 37.4 Å². The van der Waals surface area contributed by atoms with E-state index in [4.69, 9.17) is 9.47 Å². The summed E-state index contributed by atoms with van der Waals surface area (Å²) in [5.74, 6) is 1.35. The first-order valence-corrected chi connectivity index (χ1v) is 7.71. The molecule has 4 nitrogen and oxygen atoms in total. The predicted molar refractivity (Wildman–Crippen MR) is 92.1 cm³/mol. The van der Waals surface area contributed by atoms with Gasteiger partial charge in [0, 0.05) is 19.2 Å². The van der Waals surface area contributed by atoms with Crippen molar-refractivity contribution in [1.29, 1.82) is 0 Å². The number of ether oxygens (including phenoxy) is 2. The molecule has 0 heterocycles. The quantitative estimate of drug-likeness (QED) is 0.824. The van der Waals surface area contributed by atoms with Gasteiger partial charge in [-0.25, -0.2) is 0 Å². The van der Waals surface area contributed by atoms with Crippen LogP contribution < -0.4 is 14.8 Å². The second-order valence-corrected chi connectivity index (χ2v) is 5.72. The summed E-state index contributed by atoms with van der Waals surface area (Å²) in [4.78, 5) is 0. The van der Waals surface area contributed by atoms with Gasteiger partial charge >= 0.3 is 0 Å². The van der Waals surface area contributed by atoms with E-state index in [1.165, 1.54) is 16.7 Å². The lowest BCUT2D eigenvalue weighted by molar-refractivity contribution is 0.173. The maximum absolute atomic E-state index is 10.4. The molecule has 2 aromatic carbocycles. The smallest absolute Gasteiger partial charge is 0.122 e. The van der Waals surface area contributed by atoms with Gasteiger partial charge in [0.1, 0.15) is 11.5 Å². The highest BCUT2D eigenvalue weighted by Crippen LogP contribution is 2.26. The first-order chi connectivity index (χ1) is 11.0. The zero-order valence-corrected chi connectivity index (χ0v) is 14.2. The summed E-state index contributed by atoms with van der Waals surface area (Å²) in [7, 11) is 3.20. The fourth-order valence-corrected chi connectivity index (χ4v) is 2.53. The summed E-state index contributed by atoms with van der Waals surface area (Å²) in [6.45, 7) is 5.38. The highest BCUT2D eigenvalue weighted by atomic mass is 16.5. The summed E-state index contributed by atoms with van der Waals surface area (Å²) in [5.41, 5.74) is 4.53. The third-order valence-corrected chi connectivity index (χ3v) is 3.91. The fraction of sp³-hybridized carbons (Fsp3) is 0.368. The van der Waals surface area contributed by atoms with Crippen molar-refractivity contribution in [3.63, 3.8) is 0 Å². The van der Waals surface area contributed by atoms with Crippen LogP contribution in [0.1, 0.15) is 28.4 Å². The summed E-state index contributed by atoms with van der Waals surface area (Å²) < 4.78 is 10.5. The van der Waals surface area contributed by atoms with Crippen LogP contribution in [0.25, 0.3) is 0 Å². The molecule has 0 bridgehead atoms. The van der Waals surface area contributed by atoms with E-state index in [0.29, 0.717) is 18.0 Å². The minimum absolute atomic E-state index is 0.462. The monoisotopic (exact) mass is 315 g/mol. The Morgan fingerprint density at radius 2 is 1.65 bits per heavy atom. The van der Waals surface area contributed by atoms with Crippen LogP contribution in [0.4, 0.5) is 0 Å². The van der Waals surface area contributed by atoms with Crippen molar-refractivity contribution >= 4 is 0 Å². The van der Waals surface area contributed by atoms with Crippen molar-refractivity contribution in [1.82, 2.24) is 5.32 Å². The number of hydrogen-bond acceptors (Lipinski definition) is 4. The molecule has 0 saturated carbocycles. The van der Waals surface area contributed by atoms with Crippen molar-refractivity contribution in [2.24, 2.45) is 0 Å². The van der Waals surface area contributed by atoms with Crippen molar-refractivity contribution in [3.8, 4) is 11.5 Å². The van der Waals surface area contributed by atoms with Crippen molar-refractivity contribution in [2.45, 2.75) is 26.5 Å². The summed E-state index contributed by atoms with van der Waals surface area (Å²) in [6, 6.07) is 11.8. The molecule has 23 heavy (non-hydrogen) atoms. The van der Waals surface area contributed by atoms with Crippen molar-refractivity contribution < 1.29 is 14.6 Å². The fourth-order valence-electron chi connectivity index (χ4n) is 2.53. The first kappa shape index (κ1) is 17.3. The van der Waals surface area contributed by atoms with Crippen molar-refractivity contribution in [3.05, 3.63) is 58.7 Å². The maximum atomic E-state index is 10.4. The molecule has 0 aliphatic rings. The van der Waals surface area contributed by atoms with E-state index >= 15 is 0 Å². The zero-order valence-electron chi connectivity index (χ0n) is 14.2. The molecule has 0 amide bonds. The van der Waals surface area contributed by atoms with Gasteiger partial charge < -0.3 is 19.9 Å².